The second-order valence-electron chi connectivity index (χ2n) is 3.83. The molecule has 7 heteroatoms. The number of carbonyl (C=O) groups is 1. The lowest BCUT2D eigenvalue weighted by molar-refractivity contribution is -0.154. The number of sulfone groups is 1. The minimum absolute atomic E-state index is 0.103. The number of aromatic hydroxyl groups is 1. The number of phenolic OH excluding ortho intramolecular Hbond substituents is 1. The highest BCUT2D eigenvalue weighted by atomic mass is 32.2. The van der Waals surface area contributed by atoms with Gasteiger partial charge in [0.15, 0.2) is 15.4 Å². The summed E-state index contributed by atoms with van der Waals surface area (Å²) in [5.74, 6) is -2.64. The van der Waals surface area contributed by atoms with Gasteiger partial charge in [-0.25, -0.2) is 13.2 Å². The summed E-state index contributed by atoms with van der Waals surface area (Å²) in [5.41, 5.74) is -2.35. The van der Waals surface area contributed by atoms with Gasteiger partial charge in [0.2, 0.25) is 0 Å². The van der Waals surface area contributed by atoms with Gasteiger partial charge in [0.05, 0.1) is 10.6 Å². The van der Waals surface area contributed by atoms with Gasteiger partial charge in [0.1, 0.15) is 5.75 Å². The zero-order chi connectivity index (χ0) is 13.3. The van der Waals surface area contributed by atoms with E-state index in [0.717, 1.165) is 19.1 Å². The van der Waals surface area contributed by atoms with Crippen LogP contribution in [-0.4, -0.2) is 41.1 Å². The van der Waals surface area contributed by atoms with Crippen molar-refractivity contribution in [3.8, 4) is 5.75 Å². The van der Waals surface area contributed by atoms with Gasteiger partial charge in [-0.3, -0.25) is 0 Å². The third-order valence-electron chi connectivity index (χ3n) is 2.13. The maximum Gasteiger partial charge on any atom is 0.336 e. The van der Waals surface area contributed by atoms with Crippen molar-refractivity contribution in [1.29, 1.82) is 0 Å². The summed E-state index contributed by atoms with van der Waals surface area (Å²) in [4.78, 5) is 10.5. The minimum atomic E-state index is -3.92. The van der Waals surface area contributed by atoms with E-state index in [2.05, 4.69) is 0 Å². The number of carboxylic acids is 1. The van der Waals surface area contributed by atoms with Crippen LogP contribution in [0, 0.1) is 0 Å². The summed E-state index contributed by atoms with van der Waals surface area (Å²) in [6.07, 6.45) is 0. The first-order valence-corrected chi connectivity index (χ1v) is 6.28. The van der Waals surface area contributed by atoms with Crippen molar-refractivity contribution in [2.45, 2.75) is 17.4 Å². The molecule has 0 radical (unpaired) electrons. The molecule has 1 rings (SSSR count). The molecule has 3 N–H and O–H groups in total. The van der Waals surface area contributed by atoms with E-state index in [1.54, 1.807) is 0 Å². The van der Waals surface area contributed by atoms with Crippen LogP contribution in [0.4, 0.5) is 0 Å². The molecule has 0 spiro atoms. The zero-order valence-electron chi connectivity index (χ0n) is 8.99. The second kappa shape index (κ2) is 4.34. The Bertz CT molecular complexity index is 514. The Kier molecular flexibility index (Phi) is 3.44. The Hall–Kier alpha value is -1.60. The van der Waals surface area contributed by atoms with E-state index in [-0.39, 0.29) is 10.6 Å². The van der Waals surface area contributed by atoms with Crippen molar-refractivity contribution in [1.82, 2.24) is 0 Å². The smallest absolute Gasteiger partial charge is 0.336 e. The van der Waals surface area contributed by atoms with E-state index in [0.29, 0.717) is 0 Å². The van der Waals surface area contributed by atoms with Crippen molar-refractivity contribution >= 4 is 15.8 Å². The molecule has 0 fully saturated rings. The molecular formula is C10H12O6S. The van der Waals surface area contributed by atoms with Crippen LogP contribution in [0.3, 0.4) is 0 Å². The SMILES string of the molecule is CC(O)(CS(=O)(=O)c1ccc(O)cc1)C(=O)O. The van der Waals surface area contributed by atoms with Gasteiger partial charge in [-0.2, -0.15) is 0 Å². The lowest BCUT2D eigenvalue weighted by atomic mass is 10.1. The molecule has 0 aromatic heterocycles. The fourth-order valence-electron chi connectivity index (χ4n) is 1.17. The van der Waals surface area contributed by atoms with Gasteiger partial charge in [-0.05, 0) is 31.2 Å². The van der Waals surface area contributed by atoms with Crippen molar-refractivity contribution in [2.24, 2.45) is 0 Å². The number of rotatable bonds is 4. The Balaban J connectivity index is 3.05. The van der Waals surface area contributed by atoms with Gasteiger partial charge in [0, 0.05) is 0 Å². The van der Waals surface area contributed by atoms with Crippen LogP contribution in [0.1, 0.15) is 6.92 Å². The van der Waals surface area contributed by atoms with Gasteiger partial charge in [-0.1, -0.05) is 0 Å². The highest BCUT2D eigenvalue weighted by molar-refractivity contribution is 7.91. The molecule has 0 aliphatic heterocycles. The molecule has 17 heavy (non-hydrogen) atoms. The monoisotopic (exact) mass is 260 g/mol. The fourth-order valence-corrected chi connectivity index (χ4v) is 2.75. The van der Waals surface area contributed by atoms with Crippen LogP contribution < -0.4 is 0 Å². The molecule has 0 saturated heterocycles. The topological polar surface area (TPSA) is 112 Å². The molecule has 0 aliphatic carbocycles. The predicted octanol–water partition coefficient (Wildman–Crippen LogP) is 0.00150. The Labute approximate surface area is 98.1 Å². The fraction of sp³-hybridized carbons (Fsp3) is 0.300. The summed E-state index contributed by atoms with van der Waals surface area (Å²) in [7, 11) is -3.92. The molecule has 1 atom stereocenters. The average molecular weight is 260 g/mol. The van der Waals surface area contributed by atoms with Gasteiger partial charge in [-0.15, -0.1) is 0 Å². The molecule has 1 aromatic carbocycles. The third kappa shape index (κ3) is 3.18. The van der Waals surface area contributed by atoms with Crippen molar-refractivity contribution < 1.29 is 28.5 Å². The van der Waals surface area contributed by atoms with E-state index in [9.17, 15) is 18.3 Å². The molecular weight excluding hydrogens is 248 g/mol. The summed E-state index contributed by atoms with van der Waals surface area (Å²) in [5, 5.41) is 27.1. The van der Waals surface area contributed by atoms with E-state index in [1.165, 1.54) is 12.1 Å². The highest BCUT2D eigenvalue weighted by Crippen LogP contribution is 2.19. The zero-order valence-corrected chi connectivity index (χ0v) is 9.81. The van der Waals surface area contributed by atoms with Crippen LogP contribution in [0.15, 0.2) is 29.2 Å². The van der Waals surface area contributed by atoms with E-state index >= 15 is 0 Å². The number of aliphatic hydroxyl groups is 1. The maximum atomic E-state index is 11.8. The molecule has 0 saturated carbocycles. The second-order valence-corrected chi connectivity index (χ2v) is 5.82. The van der Waals surface area contributed by atoms with E-state index < -0.39 is 27.2 Å². The summed E-state index contributed by atoms with van der Waals surface area (Å²) < 4.78 is 23.5. The summed E-state index contributed by atoms with van der Waals surface area (Å²) in [6.45, 7) is 0.910. The molecule has 94 valence electrons. The van der Waals surface area contributed by atoms with Gasteiger partial charge < -0.3 is 15.3 Å². The number of carboxylic acid groups (broad SMARTS) is 1. The molecule has 0 aliphatic rings. The molecule has 0 bridgehead atoms. The van der Waals surface area contributed by atoms with E-state index in [4.69, 9.17) is 10.2 Å². The summed E-state index contributed by atoms with van der Waals surface area (Å²) >= 11 is 0. The average Bonchev–Trinajstić information content (AvgIpc) is 2.16. The molecule has 1 unspecified atom stereocenters. The first kappa shape index (κ1) is 13.5. The molecule has 0 amide bonds. The van der Waals surface area contributed by atoms with Crippen molar-refractivity contribution in [3.05, 3.63) is 24.3 Å². The van der Waals surface area contributed by atoms with Crippen LogP contribution >= 0.6 is 0 Å². The quantitative estimate of drug-likeness (QED) is 0.702. The van der Waals surface area contributed by atoms with Crippen LogP contribution in [0.25, 0.3) is 0 Å². The number of benzene rings is 1. The van der Waals surface area contributed by atoms with Gasteiger partial charge in [0.25, 0.3) is 0 Å². The van der Waals surface area contributed by atoms with Gasteiger partial charge >= 0.3 is 5.97 Å². The highest BCUT2D eigenvalue weighted by Gasteiger charge is 2.36. The van der Waals surface area contributed by atoms with Crippen LogP contribution in [0.5, 0.6) is 5.75 Å². The standard InChI is InChI=1S/C10H12O6S/c1-10(14,9(12)13)6-17(15,16)8-4-2-7(11)3-5-8/h2-5,11,14H,6H2,1H3,(H,12,13). The third-order valence-corrected chi connectivity index (χ3v) is 4.06. The Morgan fingerprint density at radius 2 is 1.76 bits per heavy atom. The van der Waals surface area contributed by atoms with Crippen molar-refractivity contribution in [2.75, 3.05) is 5.75 Å². The molecule has 6 nitrogen and oxygen atoms in total. The number of hydrogen-bond acceptors (Lipinski definition) is 5. The normalized spacial score (nSPS) is 15.2. The molecule has 1 aromatic rings. The molecule has 0 heterocycles. The Morgan fingerprint density at radius 1 is 1.29 bits per heavy atom. The lowest BCUT2D eigenvalue weighted by Gasteiger charge is -2.17. The predicted molar refractivity (Wildman–Crippen MR) is 58.4 cm³/mol. The van der Waals surface area contributed by atoms with Crippen LogP contribution in [0.2, 0.25) is 0 Å². The Morgan fingerprint density at radius 3 is 2.18 bits per heavy atom. The van der Waals surface area contributed by atoms with Crippen molar-refractivity contribution in [3.63, 3.8) is 0 Å². The van der Waals surface area contributed by atoms with Crippen LogP contribution in [-0.2, 0) is 14.6 Å². The largest absolute Gasteiger partial charge is 0.508 e. The maximum absolute atomic E-state index is 11.8. The van der Waals surface area contributed by atoms with E-state index in [1.807, 2.05) is 0 Å². The first-order valence-electron chi connectivity index (χ1n) is 4.63. The number of aliphatic carboxylic acids is 1. The lowest BCUT2D eigenvalue weighted by Crippen LogP contribution is -2.41. The first-order chi connectivity index (χ1) is 7.65. The summed E-state index contributed by atoms with van der Waals surface area (Å²) in [6, 6.07) is 4.62. The minimum Gasteiger partial charge on any atom is -0.508 e. The number of hydrogen-bond donors (Lipinski definition) is 3. The number of phenols is 1.